The van der Waals surface area contributed by atoms with Crippen molar-refractivity contribution >= 4 is 29.3 Å². The molecule has 2 aromatic rings. The van der Waals surface area contributed by atoms with E-state index in [2.05, 4.69) is 9.97 Å². The number of likely N-dealkylation sites (tertiary alicyclic amines) is 1. The number of hydrogen-bond donors (Lipinski definition) is 1. The molecule has 0 saturated carbocycles. The van der Waals surface area contributed by atoms with E-state index in [1.807, 2.05) is 13.8 Å². The lowest BCUT2D eigenvalue weighted by Gasteiger charge is -2.34. The van der Waals surface area contributed by atoms with Gasteiger partial charge in [-0.1, -0.05) is 13.8 Å². The minimum Gasteiger partial charge on any atom is -0.476 e. The number of carbonyl (C=O) groups excluding carboxylic acids is 2. The number of carbonyl (C=O) groups is 3. The fourth-order valence-corrected chi connectivity index (χ4v) is 4.78. The second-order valence-electron chi connectivity index (χ2n) is 9.84. The summed E-state index contributed by atoms with van der Waals surface area (Å²) in [5.74, 6) is -0.994. The van der Waals surface area contributed by atoms with Gasteiger partial charge in [0.1, 0.15) is 28.6 Å². The Morgan fingerprint density at radius 2 is 2.03 bits per heavy atom. The maximum Gasteiger partial charge on any atom is 0.410 e. The van der Waals surface area contributed by atoms with E-state index in [1.165, 1.54) is 16.2 Å². The van der Waals surface area contributed by atoms with Crippen molar-refractivity contribution in [3.8, 4) is 11.6 Å². The van der Waals surface area contributed by atoms with Crippen LogP contribution in [0.3, 0.4) is 0 Å². The van der Waals surface area contributed by atoms with Gasteiger partial charge in [-0.2, -0.15) is 0 Å². The summed E-state index contributed by atoms with van der Waals surface area (Å²) in [6, 6.07) is -0.887. The predicted octanol–water partition coefficient (Wildman–Crippen LogP) is 4.44. The van der Waals surface area contributed by atoms with Crippen LogP contribution in [-0.4, -0.2) is 68.1 Å². The molecule has 11 heteroatoms. The average Bonchev–Trinajstić information content (AvgIpc) is 3.48. The monoisotopic (exact) mass is 492 g/mol. The Morgan fingerprint density at radius 3 is 2.62 bits per heavy atom. The smallest absolute Gasteiger partial charge is 0.410 e. The van der Waals surface area contributed by atoms with Crippen molar-refractivity contribution in [3.05, 3.63) is 22.3 Å². The molecule has 10 nitrogen and oxygen atoms in total. The number of nitrogens with zero attached hydrogens (tertiary/aromatic N) is 4. The Bertz CT molecular complexity index is 1040. The second kappa shape index (κ2) is 10.1. The van der Waals surface area contributed by atoms with Crippen LogP contribution in [0.25, 0.3) is 11.6 Å². The van der Waals surface area contributed by atoms with E-state index in [4.69, 9.17) is 14.3 Å². The number of carboxylic acids is 1. The molecule has 0 unspecified atom stereocenters. The molecular weight excluding hydrogens is 460 g/mol. The van der Waals surface area contributed by atoms with E-state index < -0.39 is 23.7 Å². The Hall–Kier alpha value is -2.95. The fourth-order valence-electron chi connectivity index (χ4n) is 3.84. The third-order valence-electron chi connectivity index (χ3n) is 5.41. The number of ether oxygens (including phenoxy) is 1. The minimum absolute atomic E-state index is 0.123. The van der Waals surface area contributed by atoms with Crippen LogP contribution in [0, 0.1) is 5.92 Å². The molecule has 186 valence electrons. The van der Waals surface area contributed by atoms with Gasteiger partial charge in [0.25, 0.3) is 0 Å². The van der Waals surface area contributed by atoms with E-state index in [1.54, 1.807) is 38.1 Å². The molecular formula is C23H32N4O6S. The molecule has 1 aliphatic rings. The first-order valence-corrected chi connectivity index (χ1v) is 12.2. The van der Waals surface area contributed by atoms with Gasteiger partial charge < -0.3 is 19.2 Å². The molecule has 3 heterocycles. The minimum atomic E-state index is -1.18. The van der Waals surface area contributed by atoms with Crippen molar-refractivity contribution < 1.29 is 28.6 Å². The van der Waals surface area contributed by atoms with Crippen molar-refractivity contribution in [1.29, 1.82) is 0 Å². The Labute approximate surface area is 202 Å². The lowest BCUT2D eigenvalue weighted by atomic mass is 10.0. The van der Waals surface area contributed by atoms with E-state index in [9.17, 15) is 14.4 Å². The van der Waals surface area contributed by atoms with Crippen molar-refractivity contribution in [3.63, 3.8) is 0 Å². The van der Waals surface area contributed by atoms with Crippen LogP contribution in [0.1, 0.15) is 75.4 Å². The van der Waals surface area contributed by atoms with Crippen molar-refractivity contribution in [2.75, 3.05) is 13.6 Å². The third-order valence-corrected chi connectivity index (χ3v) is 6.36. The second-order valence-corrected chi connectivity index (χ2v) is 10.7. The molecule has 1 N–H and O–H groups in total. The Balaban J connectivity index is 1.81. The zero-order valence-electron chi connectivity index (χ0n) is 20.4. The van der Waals surface area contributed by atoms with Crippen molar-refractivity contribution in [2.45, 2.75) is 71.6 Å². The van der Waals surface area contributed by atoms with E-state index in [0.29, 0.717) is 18.7 Å². The summed E-state index contributed by atoms with van der Waals surface area (Å²) in [5.41, 5.74) is -0.426. The molecule has 1 aliphatic heterocycles. The highest BCUT2D eigenvalue weighted by Crippen LogP contribution is 2.36. The summed E-state index contributed by atoms with van der Waals surface area (Å²) < 4.78 is 10.8. The van der Waals surface area contributed by atoms with Gasteiger partial charge in [-0.25, -0.2) is 19.6 Å². The van der Waals surface area contributed by atoms with Crippen LogP contribution in [-0.2, 0) is 9.53 Å². The number of amides is 2. The van der Waals surface area contributed by atoms with Gasteiger partial charge >= 0.3 is 12.1 Å². The number of rotatable bonds is 7. The van der Waals surface area contributed by atoms with Crippen molar-refractivity contribution in [2.24, 2.45) is 5.92 Å². The zero-order valence-corrected chi connectivity index (χ0v) is 21.2. The number of aromatic nitrogens is 2. The van der Waals surface area contributed by atoms with E-state index >= 15 is 0 Å². The normalized spacial score (nSPS) is 17.1. The number of thiazole rings is 1. The number of hydrogen-bond acceptors (Lipinski definition) is 8. The summed E-state index contributed by atoms with van der Waals surface area (Å²) in [6.07, 6.45) is 2.62. The van der Waals surface area contributed by atoms with Crippen LogP contribution >= 0.6 is 11.3 Å². The number of carboxylic acid groups (broad SMARTS) is 1. The molecule has 1 saturated heterocycles. The molecule has 0 aliphatic carbocycles. The quantitative estimate of drug-likeness (QED) is 0.601. The van der Waals surface area contributed by atoms with Gasteiger partial charge in [-0.3, -0.25) is 9.69 Å². The number of aromatic carboxylic acids is 1. The van der Waals surface area contributed by atoms with Gasteiger partial charge in [0.05, 0.1) is 6.04 Å². The lowest BCUT2D eigenvalue weighted by Crippen LogP contribution is -2.50. The molecule has 2 aromatic heterocycles. The first-order chi connectivity index (χ1) is 15.9. The number of oxazole rings is 1. The highest BCUT2D eigenvalue weighted by molar-refractivity contribution is 7.10. The molecule has 3 rings (SSSR count). The summed E-state index contributed by atoms with van der Waals surface area (Å²) in [7, 11) is 1.61. The SMILES string of the molecule is CC(C)C[C@@H](C(=O)N1CCC[C@H]1c1nc(-c2nc(C(=O)O)co2)cs1)N(C)C(=O)OC(C)(C)C. The van der Waals surface area contributed by atoms with Gasteiger partial charge in [0.15, 0.2) is 5.69 Å². The van der Waals surface area contributed by atoms with Gasteiger partial charge in [0.2, 0.25) is 11.8 Å². The predicted molar refractivity (Wildman–Crippen MR) is 125 cm³/mol. The first kappa shape index (κ1) is 25.7. The molecule has 2 atom stereocenters. The summed E-state index contributed by atoms with van der Waals surface area (Å²) in [4.78, 5) is 49.2. The van der Waals surface area contributed by atoms with Crippen LogP contribution in [0.5, 0.6) is 0 Å². The molecule has 34 heavy (non-hydrogen) atoms. The maximum absolute atomic E-state index is 13.7. The van der Waals surface area contributed by atoms with Gasteiger partial charge in [-0.15, -0.1) is 11.3 Å². The highest BCUT2D eigenvalue weighted by atomic mass is 32.1. The van der Waals surface area contributed by atoms with E-state index in [-0.39, 0.29) is 29.5 Å². The highest BCUT2D eigenvalue weighted by Gasteiger charge is 2.39. The first-order valence-electron chi connectivity index (χ1n) is 11.3. The van der Waals surface area contributed by atoms with Crippen LogP contribution < -0.4 is 0 Å². The third kappa shape index (κ3) is 5.94. The van der Waals surface area contributed by atoms with Crippen LogP contribution in [0.4, 0.5) is 4.79 Å². The van der Waals surface area contributed by atoms with Crippen LogP contribution in [0.15, 0.2) is 16.1 Å². The Morgan fingerprint density at radius 1 is 1.32 bits per heavy atom. The topological polar surface area (TPSA) is 126 Å². The largest absolute Gasteiger partial charge is 0.476 e. The lowest BCUT2D eigenvalue weighted by molar-refractivity contribution is -0.138. The molecule has 0 spiro atoms. The zero-order chi connectivity index (χ0) is 25.2. The molecule has 2 amide bonds. The molecule has 0 bridgehead atoms. The fraction of sp³-hybridized carbons (Fsp3) is 0.609. The van der Waals surface area contributed by atoms with Crippen molar-refractivity contribution in [1.82, 2.24) is 19.8 Å². The Kier molecular flexibility index (Phi) is 7.64. The molecule has 0 radical (unpaired) electrons. The summed E-state index contributed by atoms with van der Waals surface area (Å²) in [5, 5.41) is 11.5. The maximum atomic E-state index is 13.7. The summed E-state index contributed by atoms with van der Waals surface area (Å²) >= 11 is 1.37. The van der Waals surface area contributed by atoms with Gasteiger partial charge in [0, 0.05) is 19.0 Å². The average molecular weight is 493 g/mol. The van der Waals surface area contributed by atoms with Gasteiger partial charge in [-0.05, 0) is 46.0 Å². The standard InChI is InChI=1S/C23H32N4O6S/c1-13(2)10-17(26(6)22(31)33-23(3,4)5)20(28)27-9-7-8-16(27)19-25-15(12-34-19)18-24-14(11-32-18)21(29)30/h11-13,16-17H,7-10H2,1-6H3,(H,29,30)/t16-,17-/m0/s1. The summed E-state index contributed by atoms with van der Waals surface area (Å²) in [6.45, 7) is 9.97. The van der Waals surface area contributed by atoms with E-state index in [0.717, 1.165) is 24.1 Å². The number of likely N-dealkylation sites (N-methyl/N-ethyl adjacent to an activating group) is 1. The molecule has 1 fully saturated rings. The molecule has 0 aromatic carbocycles. The van der Waals surface area contributed by atoms with Crippen LogP contribution in [0.2, 0.25) is 0 Å².